The monoisotopic (exact) mass is 332 g/mol. The van der Waals surface area contributed by atoms with Crippen LogP contribution >= 0.6 is 11.6 Å². The molecule has 0 aliphatic rings. The van der Waals surface area contributed by atoms with Gasteiger partial charge in [0, 0.05) is 18.8 Å². The molecule has 0 fully saturated rings. The van der Waals surface area contributed by atoms with Crippen LogP contribution in [0.15, 0.2) is 29.2 Å². The van der Waals surface area contributed by atoms with Crippen molar-refractivity contribution in [3.05, 3.63) is 24.3 Å². The molecule has 0 spiro atoms. The van der Waals surface area contributed by atoms with E-state index in [4.69, 9.17) is 11.6 Å². The number of sulfonamides is 1. The molecule has 0 radical (unpaired) electrons. The van der Waals surface area contributed by atoms with Gasteiger partial charge in [-0.05, 0) is 37.1 Å². The second kappa shape index (κ2) is 8.36. The Balaban J connectivity index is 2.95. The Kier molecular flexibility index (Phi) is 7.14. The maximum atomic E-state index is 12.5. The summed E-state index contributed by atoms with van der Waals surface area (Å²) >= 11 is 5.40. The minimum atomic E-state index is -3.48. The molecule has 0 bridgehead atoms. The Morgan fingerprint density at radius 1 is 1.14 bits per heavy atom. The lowest BCUT2D eigenvalue weighted by atomic mass is 10.3. The van der Waals surface area contributed by atoms with Crippen LogP contribution in [0.2, 0.25) is 0 Å². The zero-order chi connectivity index (χ0) is 15.9. The van der Waals surface area contributed by atoms with E-state index < -0.39 is 10.0 Å². The zero-order valence-corrected chi connectivity index (χ0v) is 13.9. The summed E-state index contributed by atoms with van der Waals surface area (Å²) < 4.78 is 26.5. The number of alkyl halides is 1. The number of rotatable bonds is 8. The first-order valence-electron chi connectivity index (χ1n) is 6.91. The van der Waals surface area contributed by atoms with Gasteiger partial charge in [0.05, 0.1) is 4.90 Å². The lowest BCUT2D eigenvalue weighted by Crippen LogP contribution is -2.32. The molecule has 1 amide bonds. The highest BCUT2D eigenvalue weighted by Gasteiger charge is 2.22. The van der Waals surface area contributed by atoms with Crippen molar-refractivity contribution in [2.75, 3.05) is 24.3 Å². The first kappa shape index (κ1) is 17.9. The number of carbonyl (C=O) groups is 1. The van der Waals surface area contributed by atoms with Crippen LogP contribution in [-0.4, -0.2) is 37.6 Å². The topological polar surface area (TPSA) is 66.5 Å². The number of hydrogen-bond donors (Lipinski definition) is 1. The largest absolute Gasteiger partial charge is 0.325 e. The number of hydrogen-bond acceptors (Lipinski definition) is 3. The van der Waals surface area contributed by atoms with E-state index in [9.17, 15) is 13.2 Å². The SMILES string of the molecule is CCCN(CCC)S(=O)(=O)c1ccc(NC(=O)CCl)cc1. The summed E-state index contributed by atoms with van der Waals surface area (Å²) in [5, 5.41) is 2.57. The molecule has 0 heterocycles. The molecular formula is C14H21ClN2O3S. The molecule has 1 rings (SSSR count). The van der Waals surface area contributed by atoms with E-state index in [-0.39, 0.29) is 16.7 Å². The standard InChI is InChI=1S/C14H21ClN2O3S/c1-3-9-17(10-4-2)21(19,20)13-7-5-12(6-8-13)16-14(18)11-15/h5-8H,3-4,9-11H2,1-2H3,(H,16,18). The number of nitrogens with zero attached hydrogens (tertiary/aromatic N) is 1. The average molecular weight is 333 g/mol. The fourth-order valence-corrected chi connectivity index (χ4v) is 3.60. The minimum absolute atomic E-state index is 0.138. The highest BCUT2D eigenvalue weighted by molar-refractivity contribution is 7.89. The molecule has 0 saturated carbocycles. The molecule has 1 aromatic carbocycles. The van der Waals surface area contributed by atoms with E-state index in [0.29, 0.717) is 18.8 Å². The second-order valence-electron chi connectivity index (χ2n) is 4.61. The summed E-state index contributed by atoms with van der Waals surface area (Å²) in [6.07, 6.45) is 1.53. The van der Waals surface area contributed by atoms with E-state index in [1.54, 1.807) is 12.1 Å². The van der Waals surface area contributed by atoms with Crippen molar-refractivity contribution in [1.29, 1.82) is 0 Å². The zero-order valence-electron chi connectivity index (χ0n) is 12.3. The van der Waals surface area contributed by atoms with Crippen LogP contribution < -0.4 is 5.32 Å². The molecule has 21 heavy (non-hydrogen) atoms. The van der Waals surface area contributed by atoms with Gasteiger partial charge in [-0.15, -0.1) is 11.6 Å². The quantitative estimate of drug-likeness (QED) is 0.744. The molecule has 0 aromatic heterocycles. The Hall–Kier alpha value is -1.11. The second-order valence-corrected chi connectivity index (χ2v) is 6.82. The highest BCUT2D eigenvalue weighted by Crippen LogP contribution is 2.19. The van der Waals surface area contributed by atoms with Crippen molar-refractivity contribution in [1.82, 2.24) is 4.31 Å². The Bertz CT molecular complexity index is 552. The maximum Gasteiger partial charge on any atom is 0.243 e. The van der Waals surface area contributed by atoms with Crippen molar-refractivity contribution in [2.45, 2.75) is 31.6 Å². The normalized spacial score (nSPS) is 11.6. The fraction of sp³-hybridized carbons (Fsp3) is 0.500. The van der Waals surface area contributed by atoms with Gasteiger partial charge in [0.1, 0.15) is 5.88 Å². The van der Waals surface area contributed by atoms with Crippen LogP contribution in [-0.2, 0) is 14.8 Å². The lowest BCUT2D eigenvalue weighted by molar-refractivity contribution is -0.113. The molecule has 0 aliphatic heterocycles. The van der Waals surface area contributed by atoms with Gasteiger partial charge in [0.25, 0.3) is 0 Å². The number of nitrogens with one attached hydrogen (secondary N) is 1. The van der Waals surface area contributed by atoms with Crippen LogP contribution in [0.5, 0.6) is 0 Å². The van der Waals surface area contributed by atoms with Crippen molar-refractivity contribution < 1.29 is 13.2 Å². The van der Waals surface area contributed by atoms with Crippen molar-refractivity contribution in [2.24, 2.45) is 0 Å². The number of anilines is 1. The summed E-state index contributed by atoms with van der Waals surface area (Å²) in [5.74, 6) is -0.466. The fourth-order valence-electron chi connectivity index (χ4n) is 1.90. The van der Waals surface area contributed by atoms with Crippen molar-refractivity contribution >= 4 is 33.2 Å². The first-order valence-corrected chi connectivity index (χ1v) is 8.89. The molecule has 0 aliphatic carbocycles. The van der Waals surface area contributed by atoms with Crippen LogP contribution in [0, 0.1) is 0 Å². The Morgan fingerprint density at radius 2 is 1.67 bits per heavy atom. The smallest absolute Gasteiger partial charge is 0.243 e. The van der Waals surface area contributed by atoms with Gasteiger partial charge >= 0.3 is 0 Å². The van der Waals surface area contributed by atoms with Gasteiger partial charge in [0.2, 0.25) is 15.9 Å². The number of benzene rings is 1. The summed E-state index contributed by atoms with van der Waals surface area (Å²) in [7, 11) is -3.48. The lowest BCUT2D eigenvalue weighted by Gasteiger charge is -2.21. The van der Waals surface area contributed by atoms with Crippen LogP contribution in [0.4, 0.5) is 5.69 Å². The molecule has 1 aromatic rings. The molecule has 0 atom stereocenters. The van der Waals surface area contributed by atoms with Crippen LogP contribution in [0.25, 0.3) is 0 Å². The summed E-state index contributed by atoms with van der Waals surface area (Å²) in [6, 6.07) is 6.12. The third kappa shape index (κ3) is 4.98. The third-order valence-electron chi connectivity index (χ3n) is 2.84. The van der Waals surface area contributed by atoms with Gasteiger partial charge in [-0.1, -0.05) is 13.8 Å². The number of amides is 1. The van der Waals surface area contributed by atoms with Gasteiger partial charge in [-0.25, -0.2) is 8.42 Å². The van der Waals surface area contributed by atoms with Gasteiger partial charge in [0.15, 0.2) is 0 Å². The summed E-state index contributed by atoms with van der Waals surface area (Å²) in [4.78, 5) is 11.4. The van der Waals surface area contributed by atoms with Gasteiger partial charge < -0.3 is 5.32 Å². The van der Waals surface area contributed by atoms with Crippen LogP contribution in [0.1, 0.15) is 26.7 Å². The summed E-state index contributed by atoms with van der Waals surface area (Å²) in [5.41, 5.74) is 0.525. The average Bonchev–Trinajstić information content (AvgIpc) is 2.47. The molecule has 118 valence electrons. The van der Waals surface area contributed by atoms with E-state index in [1.165, 1.54) is 16.4 Å². The molecule has 7 heteroatoms. The van der Waals surface area contributed by atoms with Crippen molar-refractivity contribution in [3.8, 4) is 0 Å². The maximum absolute atomic E-state index is 12.5. The van der Waals surface area contributed by atoms with Gasteiger partial charge in [-0.2, -0.15) is 4.31 Å². The van der Waals surface area contributed by atoms with Crippen LogP contribution in [0.3, 0.4) is 0 Å². The number of carbonyl (C=O) groups excluding carboxylic acids is 1. The Morgan fingerprint density at radius 3 is 2.10 bits per heavy atom. The molecule has 0 saturated heterocycles. The van der Waals surface area contributed by atoms with E-state index in [1.807, 2.05) is 13.8 Å². The van der Waals surface area contributed by atoms with Gasteiger partial charge in [-0.3, -0.25) is 4.79 Å². The molecular weight excluding hydrogens is 312 g/mol. The number of halogens is 1. The van der Waals surface area contributed by atoms with Crippen molar-refractivity contribution in [3.63, 3.8) is 0 Å². The molecule has 0 unspecified atom stereocenters. The third-order valence-corrected chi connectivity index (χ3v) is 5.00. The van der Waals surface area contributed by atoms with E-state index in [2.05, 4.69) is 5.32 Å². The highest BCUT2D eigenvalue weighted by atomic mass is 35.5. The molecule has 5 nitrogen and oxygen atoms in total. The first-order chi connectivity index (χ1) is 9.95. The minimum Gasteiger partial charge on any atom is -0.325 e. The van der Waals surface area contributed by atoms with E-state index >= 15 is 0 Å². The van der Waals surface area contributed by atoms with E-state index in [0.717, 1.165) is 12.8 Å². The molecule has 1 N–H and O–H groups in total. The predicted molar refractivity (Wildman–Crippen MR) is 85.1 cm³/mol. The Labute approximate surface area is 131 Å². The predicted octanol–water partition coefficient (Wildman–Crippen LogP) is 2.67. The summed E-state index contributed by atoms with van der Waals surface area (Å²) in [6.45, 7) is 4.90.